The first-order valence-corrected chi connectivity index (χ1v) is 6.93. The number of carbonyl (C=O) groups excluding carboxylic acids is 1. The summed E-state index contributed by atoms with van der Waals surface area (Å²) in [6, 6.07) is 9.60. The van der Waals surface area contributed by atoms with Crippen molar-refractivity contribution in [2.75, 3.05) is 12.4 Å². The van der Waals surface area contributed by atoms with E-state index in [9.17, 15) is 4.79 Å². The van der Waals surface area contributed by atoms with Crippen LogP contribution in [0, 0.1) is 0 Å². The fourth-order valence-electron chi connectivity index (χ4n) is 2.16. The fraction of sp³-hybridized carbons (Fsp3) is 0.375. The lowest BCUT2D eigenvalue weighted by atomic mass is 10.1. The number of hydrogen-bond donors (Lipinski definition) is 1. The molecule has 0 spiro atoms. The number of methoxy groups -OCH3 is 1. The molecule has 0 fully saturated rings. The maximum atomic E-state index is 12.2. The highest BCUT2D eigenvalue weighted by molar-refractivity contribution is 6.01. The van der Waals surface area contributed by atoms with Crippen molar-refractivity contribution in [3.05, 3.63) is 36.5 Å². The van der Waals surface area contributed by atoms with Crippen molar-refractivity contribution in [3.8, 4) is 0 Å². The Hall–Kier alpha value is -1.94. The largest absolute Gasteiger partial charge is 0.372 e. The van der Waals surface area contributed by atoms with Gasteiger partial charge in [-0.25, -0.2) is 0 Å². The second kappa shape index (κ2) is 7.01. The number of amides is 1. The van der Waals surface area contributed by atoms with Gasteiger partial charge in [-0.3, -0.25) is 9.78 Å². The number of pyridine rings is 1. The van der Waals surface area contributed by atoms with Crippen molar-refractivity contribution in [3.63, 3.8) is 0 Å². The Bertz CT molecular complexity index is 578. The van der Waals surface area contributed by atoms with E-state index < -0.39 is 6.10 Å². The first kappa shape index (κ1) is 14.5. The lowest BCUT2D eigenvalue weighted by Crippen LogP contribution is -2.29. The third-order valence-corrected chi connectivity index (χ3v) is 3.29. The third-order valence-electron chi connectivity index (χ3n) is 3.29. The van der Waals surface area contributed by atoms with Crippen LogP contribution in [0.1, 0.15) is 26.2 Å². The number of fused-ring (bicyclic) bond motifs is 1. The molecule has 0 saturated carbocycles. The first-order valence-electron chi connectivity index (χ1n) is 6.93. The van der Waals surface area contributed by atoms with Gasteiger partial charge in [-0.1, -0.05) is 38.0 Å². The summed E-state index contributed by atoms with van der Waals surface area (Å²) in [4.78, 5) is 16.6. The molecule has 1 heterocycles. The zero-order valence-corrected chi connectivity index (χ0v) is 11.9. The third kappa shape index (κ3) is 3.33. The van der Waals surface area contributed by atoms with Crippen molar-refractivity contribution in [1.82, 2.24) is 4.98 Å². The summed E-state index contributed by atoms with van der Waals surface area (Å²) in [5.41, 5.74) is 1.53. The molecule has 0 aliphatic heterocycles. The topological polar surface area (TPSA) is 51.2 Å². The van der Waals surface area contributed by atoms with Crippen LogP contribution in [0.25, 0.3) is 10.9 Å². The Morgan fingerprint density at radius 3 is 2.90 bits per heavy atom. The lowest BCUT2D eigenvalue weighted by molar-refractivity contribution is -0.126. The Labute approximate surface area is 119 Å². The second-order valence-electron chi connectivity index (χ2n) is 4.74. The van der Waals surface area contributed by atoms with Crippen molar-refractivity contribution >= 4 is 22.5 Å². The Morgan fingerprint density at radius 1 is 1.35 bits per heavy atom. The molecule has 1 atom stereocenters. The van der Waals surface area contributed by atoms with Crippen molar-refractivity contribution in [2.45, 2.75) is 32.3 Å². The molecule has 4 nitrogen and oxygen atoms in total. The number of nitrogens with one attached hydrogen (secondary N) is 1. The molecule has 4 heteroatoms. The van der Waals surface area contributed by atoms with Crippen LogP contribution in [0.3, 0.4) is 0 Å². The van der Waals surface area contributed by atoms with Crippen molar-refractivity contribution < 1.29 is 9.53 Å². The molecule has 2 aromatic rings. The Kier molecular flexibility index (Phi) is 5.07. The minimum atomic E-state index is -0.408. The molecule has 0 saturated heterocycles. The molecule has 1 aromatic carbocycles. The zero-order valence-electron chi connectivity index (χ0n) is 11.9. The summed E-state index contributed by atoms with van der Waals surface area (Å²) in [5.74, 6) is -0.112. The average molecular weight is 272 g/mol. The van der Waals surface area contributed by atoms with E-state index in [2.05, 4.69) is 17.2 Å². The summed E-state index contributed by atoms with van der Waals surface area (Å²) in [6.45, 7) is 2.10. The van der Waals surface area contributed by atoms with Crippen LogP contribution < -0.4 is 5.32 Å². The molecule has 1 amide bonds. The average Bonchev–Trinajstić information content (AvgIpc) is 2.48. The molecule has 1 N–H and O–H groups in total. The molecule has 20 heavy (non-hydrogen) atoms. The quantitative estimate of drug-likeness (QED) is 0.877. The molecule has 106 valence electrons. The van der Waals surface area contributed by atoms with Gasteiger partial charge in [-0.2, -0.15) is 0 Å². The van der Waals surface area contributed by atoms with E-state index in [1.54, 1.807) is 13.3 Å². The first-order chi connectivity index (χ1) is 9.76. The van der Waals surface area contributed by atoms with Gasteiger partial charge in [-0.15, -0.1) is 0 Å². The second-order valence-corrected chi connectivity index (χ2v) is 4.74. The predicted molar refractivity (Wildman–Crippen MR) is 80.7 cm³/mol. The van der Waals surface area contributed by atoms with Crippen LogP contribution in [0.5, 0.6) is 0 Å². The number of aromatic nitrogens is 1. The summed E-state index contributed by atoms with van der Waals surface area (Å²) in [7, 11) is 1.57. The monoisotopic (exact) mass is 272 g/mol. The van der Waals surface area contributed by atoms with Crippen LogP contribution in [0.2, 0.25) is 0 Å². The van der Waals surface area contributed by atoms with Gasteiger partial charge < -0.3 is 10.1 Å². The number of rotatable bonds is 6. The van der Waals surface area contributed by atoms with E-state index >= 15 is 0 Å². The minimum Gasteiger partial charge on any atom is -0.372 e. The van der Waals surface area contributed by atoms with E-state index in [0.717, 1.165) is 35.9 Å². The number of benzene rings is 1. The Balaban J connectivity index is 2.17. The van der Waals surface area contributed by atoms with Gasteiger partial charge in [0.2, 0.25) is 0 Å². The van der Waals surface area contributed by atoms with Gasteiger partial charge in [0.1, 0.15) is 6.10 Å². The molecular formula is C16H20N2O2. The standard InChI is InChI=1S/C16H20N2O2/c1-3-4-10-14(20-2)16(19)18-13-9-5-7-12-8-6-11-17-15(12)13/h5-9,11,14H,3-4,10H2,1-2H3,(H,18,19)/t14-/m0/s1. The van der Waals surface area contributed by atoms with Crippen LogP contribution in [0.15, 0.2) is 36.5 Å². The molecule has 2 rings (SSSR count). The van der Waals surface area contributed by atoms with Crippen LogP contribution in [0.4, 0.5) is 5.69 Å². The molecular weight excluding hydrogens is 252 g/mol. The molecule has 0 aliphatic carbocycles. The zero-order chi connectivity index (χ0) is 14.4. The van der Waals surface area contributed by atoms with E-state index in [0.29, 0.717) is 0 Å². The van der Waals surface area contributed by atoms with Crippen LogP contribution in [-0.2, 0) is 9.53 Å². The van der Waals surface area contributed by atoms with E-state index in [-0.39, 0.29) is 5.91 Å². The normalized spacial score (nSPS) is 12.3. The van der Waals surface area contributed by atoms with E-state index in [4.69, 9.17) is 4.74 Å². The number of hydrogen-bond acceptors (Lipinski definition) is 3. The van der Waals surface area contributed by atoms with Gasteiger partial charge in [0.05, 0.1) is 11.2 Å². The maximum absolute atomic E-state index is 12.2. The number of anilines is 1. The number of nitrogens with zero attached hydrogens (tertiary/aromatic N) is 1. The van der Waals surface area contributed by atoms with Crippen LogP contribution in [-0.4, -0.2) is 24.1 Å². The number of para-hydroxylation sites is 1. The summed E-state index contributed by atoms with van der Waals surface area (Å²) in [6.07, 6.45) is 4.07. The molecule has 0 unspecified atom stereocenters. The number of carbonyl (C=O) groups is 1. The molecule has 0 bridgehead atoms. The minimum absolute atomic E-state index is 0.112. The van der Waals surface area contributed by atoms with Gasteiger partial charge >= 0.3 is 0 Å². The smallest absolute Gasteiger partial charge is 0.253 e. The maximum Gasteiger partial charge on any atom is 0.253 e. The highest BCUT2D eigenvalue weighted by Gasteiger charge is 2.18. The fourth-order valence-corrected chi connectivity index (χ4v) is 2.16. The highest BCUT2D eigenvalue weighted by Crippen LogP contribution is 2.21. The van der Waals surface area contributed by atoms with Gasteiger partial charge in [0.15, 0.2) is 0 Å². The van der Waals surface area contributed by atoms with Crippen molar-refractivity contribution in [2.24, 2.45) is 0 Å². The SMILES string of the molecule is CCCC[C@H](OC)C(=O)Nc1cccc2cccnc12. The Morgan fingerprint density at radius 2 is 2.15 bits per heavy atom. The van der Waals surface area contributed by atoms with Gasteiger partial charge in [-0.05, 0) is 18.6 Å². The lowest BCUT2D eigenvalue weighted by Gasteiger charge is -2.15. The number of unbranched alkanes of at least 4 members (excludes halogenated alkanes) is 1. The molecule has 1 aromatic heterocycles. The molecule has 0 aliphatic rings. The van der Waals surface area contributed by atoms with E-state index in [1.165, 1.54) is 0 Å². The summed E-state index contributed by atoms with van der Waals surface area (Å²) in [5, 5.41) is 3.93. The van der Waals surface area contributed by atoms with Crippen LogP contribution >= 0.6 is 0 Å². The summed E-state index contributed by atoms with van der Waals surface area (Å²) < 4.78 is 5.27. The van der Waals surface area contributed by atoms with Gasteiger partial charge in [0.25, 0.3) is 5.91 Å². The van der Waals surface area contributed by atoms with E-state index in [1.807, 2.05) is 30.3 Å². The highest BCUT2D eigenvalue weighted by atomic mass is 16.5. The molecule has 0 radical (unpaired) electrons. The van der Waals surface area contributed by atoms with Gasteiger partial charge in [0, 0.05) is 18.7 Å². The van der Waals surface area contributed by atoms with Crippen molar-refractivity contribution in [1.29, 1.82) is 0 Å². The number of ether oxygens (including phenoxy) is 1. The predicted octanol–water partition coefficient (Wildman–Crippen LogP) is 3.38. The summed E-state index contributed by atoms with van der Waals surface area (Å²) >= 11 is 0.